The number of alkyl halides is 2. The van der Waals surface area contributed by atoms with Crippen molar-refractivity contribution < 1.29 is 0 Å². The molecule has 0 saturated heterocycles. The molecule has 2 heteroatoms. The Morgan fingerprint density at radius 1 is 0.765 bits per heavy atom. The summed E-state index contributed by atoms with van der Waals surface area (Å²) in [5.74, 6) is 0. The van der Waals surface area contributed by atoms with Crippen LogP contribution in [0.5, 0.6) is 0 Å². The van der Waals surface area contributed by atoms with Crippen molar-refractivity contribution in [2.24, 2.45) is 0 Å². The number of rotatable bonds is 3. The van der Waals surface area contributed by atoms with Gasteiger partial charge in [0.05, 0.1) is 0 Å². The second kappa shape index (κ2) is 5.90. The van der Waals surface area contributed by atoms with Crippen LogP contribution in [0.25, 0.3) is 5.57 Å². The molecule has 86 valence electrons. The molecule has 0 unspecified atom stereocenters. The van der Waals surface area contributed by atoms with Crippen molar-refractivity contribution in [3.05, 3.63) is 77.9 Å². The van der Waals surface area contributed by atoms with Crippen molar-refractivity contribution in [1.29, 1.82) is 0 Å². The smallest absolute Gasteiger partial charge is 0.101 e. The van der Waals surface area contributed by atoms with Crippen LogP contribution in [0.2, 0.25) is 0 Å². The molecule has 0 amide bonds. The maximum absolute atomic E-state index is 5.86. The van der Waals surface area contributed by atoms with Crippen LogP contribution in [0.4, 0.5) is 0 Å². The van der Waals surface area contributed by atoms with Gasteiger partial charge in [-0.25, -0.2) is 0 Å². The molecule has 0 saturated carbocycles. The molecule has 0 fully saturated rings. The van der Waals surface area contributed by atoms with E-state index in [2.05, 4.69) is 24.3 Å². The fourth-order valence-corrected chi connectivity index (χ4v) is 1.97. The van der Waals surface area contributed by atoms with Gasteiger partial charge in [-0.1, -0.05) is 60.7 Å². The van der Waals surface area contributed by atoms with E-state index >= 15 is 0 Å². The number of hydrogen-bond donors (Lipinski definition) is 0. The summed E-state index contributed by atoms with van der Waals surface area (Å²) in [6.07, 6.45) is 1.85. The van der Waals surface area contributed by atoms with E-state index in [0.717, 1.165) is 16.7 Å². The van der Waals surface area contributed by atoms with E-state index in [1.165, 1.54) is 0 Å². The summed E-state index contributed by atoms with van der Waals surface area (Å²) in [7, 11) is 0. The molecule has 2 rings (SSSR count). The highest BCUT2D eigenvalue weighted by atomic mass is 35.5. The van der Waals surface area contributed by atoms with Gasteiger partial charge in [0.25, 0.3) is 0 Å². The Balaban J connectivity index is 2.47. The van der Waals surface area contributed by atoms with E-state index in [1.54, 1.807) is 0 Å². The topological polar surface area (TPSA) is 0 Å². The zero-order chi connectivity index (χ0) is 12.1. The van der Waals surface area contributed by atoms with Gasteiger partial charge >= 0.3 is 0 Å². The van der Waals surface area contributed by atoms with Gasteiger partial charge in [-0.05, 0) is 22.8 Å². The molecule has 0 nitrogen and oxygen atoms in total. The summed E-state index contributed by atoms with van der Waals surface area (Å²) in [5.41, 5.74) is 3.29. The van der Waals surface area contributed by atoms with Gasteiger partial charge in [-0.15, -0.1) is 23.2 Å². The Bertz CT molecular complexity index is 445. The zero-order valence-electron chi connectivity index (χ0n) is 9.18. The molecule has 0 N–H and O–H groups in total. The first-order valence-electron chi connectivity index (χ1n) is 5.38. The average molecular weight is 263 g/mol. The fraction of sp³-hybridized carbons (Fsp3) is 0.0667. The molecule has 0 spiro atoms. The van der Waals surface area contributed by atoms with E-state index in [4.69, 9.17) is 23.2 Å². The SMILES string of the molecule is ClC(Cl)C=C(c1ccccc1)c1ccccc1. The second-order valence-electron chi connectivity index (χ2n) is 3.65. The van der Waals surface area contributed by atoms with E-state index in [9.17, 15) is 0 Å². The summed E-state index contributed by atoms with van der Waals surface area (Å²) in [4.78, 5) is -0.509. The van der Waals surface area contributed by atoms with Crippen molar-refractivity contribution >= 4 is 28.8 Å². The van der Waals surface area contributed by atoms with Gasteiger partial charge in [0.2, 0.25) is 0 Å². The lowest BCUT2D eigenvalue weighted by Crippen LogP contribution is -1.90. The van der Waals surface area contributed by atoms with Crippen molar-refractivity contribution in [1.82, 2.24) is 0 Å². The third-order valence-corrected chi connectivity index (χ3v) is 2.71. The molecule has 17 heavy (non-hydrogen) atoms. The standard InChI is InChI=1S/C15H12Cl2/c16-15(17)11-14(12-7-3-1-4-8-12)13-9-5-2-6-10-13/h1-11,15H. The summed E-state index contributed by atoms with van der Waals surface area (Å²) in [6, 6.07) is 20.2. The molecule has 2 aromatic carbocycles. The molecular weight excluding hydrogens is 251 g/mol. The summed E-state index contributed by atoms with van der Waals surface area (Å²) in [6.45, 7) is 0. The van der Waals surface area contributed by atoms with E-state index in [1.807, 2.05) is 42.5 Å². The lowest BCUT2D eigenvalue weighted by molar-refractivity contribution is 1.50. The molecule has 0 bridgehead atoms. The molecule has 0 aliphatic carbocycles. The minimum atomic E-state index is -0.509. The van der Waals surface area contributed by atoms with Gasteiger partial charge in [-0.3, -0.25) is 0 Å². The lowest BCUT2D eigenvalue weighted by Gasteiger charge is -2.08. The molecule has 0 aromatic heterocycles. The highest BCUT2D eigenvalue weighted by molar-refractivity contribution is 6.46. The molecule has 0 atom stereocenters. The predicted octanol–water partition coefficient (Wildman–Crippen LogP) is 4.92. The first kappa shape index (κ1) is 12.2. The summed E-state index contributed by atoms with van der Waals surface area (Å²) >= 11 is 11.7. The lowest BCUT2D eigenvalue weighted by atomic mass is 9.98. The van der Waals surface area contributed by atoms with Gasteiger partial charge in [0, 0.05) is 0 Å². The van der Waals surface area contributed by atoms with Crippen molar-refractivity contribution in [3.8, 4) is 0 Å². The number of hydrogen-bond acceptors (Lipinski definition) is 0. The monoisotopic (exact) mass is 262 g/mol. The maximum Gasteiger partial charge on any atom is 0.126 e. The molecule has 0 heterocycles. The van der Waals surface area contributed by atoms with E-state index in [-0.39, 0.29) is 0 Å². The molecule has 0 radical (unpaired) electrons. The Kier molecular flexibility index (Phi) is 4.24. The predicted molar refractivity (Wildman–Crippen MR) is 75.5 cm³/mol. The number of benzene rings is 2. The van der Waals surface area contributed by atoms with Gasteiger partial charge < -0.3 is 0 Å². The minimum Gasteiger partial charge on any atom is -0.101 e. The van der Waals surface area contributed by atoms with Gasteiger partial charge in [0.1, 0.15) is 4.84 Å². The van der Waals surface area contributed by atoms with Crippen LogP contribution in [-0.2, 0) is 0 Å². The Hall–Kier alpha value is -1.24. The summed E-state index contributed by atoms with van der Waals surface area (Å²) < 4.78 is 0. The molecular formula is C15H12Cl2. The highest BCUT2D eigenvalue weighted by Gasteiger charge is 2.06. The molecule has 0 aliphatic heterocycles. The zero-order valence-corrected chi connectivity index (χ0v) is 10.7. The first-order valence-corrected chi connectivity index (χ1v) is 6.25. The number of halogens is 2. The van der Waals surface area contributed by atoms with Crippen LogP contribution in [0.1, 0.15) is 11.1 Å². The van der Waals surface area contributed by atoms with E-state index < -0.39 is 4.84 Å². The average Bonchev–Trinajstić information content (AvgIpc) is 2.38. The third kappa shape index (κ3) is 3.36. The van der Waals surface area contributed by atoms with Crippen LogP contribution >= 0.6 is 23.2 Å². The molecule has 0 aliphatic rings. The summed E-state index contributed by atoms with van der Waals surface area (Å²) in [5, 5.41) is 0. The van der Waals surface area contributed by atoms with Gasteiger partial charge in [0.15, 0.2) is 0 Å². The van der Waals surface area contributed by atoms with Crippen molar-refractivity contribution in [3.63, 3.8) is 0 Å². The first-order chi connectivity index (χ1) is 8.27. The Morgan fingerprint density at radius 2 is 1.18 bits per heavy atom. The minimum absolute atomic E-state index is 0.509. The van der Waals surface area contributed by atoms with Crippen molar-refractivity contribution in [2.75, 3.05) is 0 Å². The van der Waals surface area contributed by atoms with Crippen LogP contribution in [0.15, 0.2) is 66.7 Å². The van der Waals surface area contributed by atoms with Gasteiger partial charge in [-0.2, -0.15) is 0 Å². The second-order valence-corrected chi connectivity index (χ2v) is 4.81. The van der Waals surface area contributed by atoms with Crippen molar-refractivity contribution in [2.45, 2.75) is 4.84 Å². The van der Waals surface area contributed by atoms with Crippen LogP contribution in [0, 0.1) is 0 Å². The normalized spacial score (nSPS) is 10.3. The van der Waals surface area contributed by atoms with Crippen LogP contribution in [-0.4, -0.2) is 4.84 Å². The Morgan fingerprint density at radius 3 is 1.53 bits per heavy atom. The quantitative estimate of drug-likeness (QED) is 0.689. The van der Waals surface area contributed by atoms with E-state index in [0.29, 0.717) is 0 Å². The fourth-order valence-electron chi connectivity index (χ4n) is 1.72. The van der Waals surface area contributed by atoms with Crippen LogP contribution in [0.3, 0.4) is 0 Å². The highest BCUT2D eigenvalue weighted by Crippen LogP contribution is 2.25. The maximum atomic E-state index is 5.86. The third-order valence-electron chi connectivity index (χ3n) is 2.46. The Labute approximate surface area is 112 Å². The molecule has 2 aromatic rings. The number of allylic oxidation sites excluding steroid dienone is 1. The van der Waals surface area contributed by atoms with Crippen LogP contribution < -0.4 is 0 Å². The largest absolute Gasteiger partial charge is 0.126 e.